The zero-order valence-electron chi connectivity index (χ0n) is 8.32. The van der Waals surface area contributed by atoms with Crippen molar-refractivity contribution >= 4 is 27.7 Å². The molecule has 2 aromatic rings. The average Bonchev–Trinajstić information content (AvgIpc) is 2.59. The Balaban J connectivity index is 2.28. The number of nitrogens with zero attached hydrogens (tertiary/aromatic N) is 2. The molecule has 0 atom stereocenters. The third-order valence-corrected chi connectivity index (χ3v) is 3.96. The van der Waals surface area contributed by atoms with Crippen molar-refractivity contribution < 1.29 is 4.42 Å². The van der Waals surface area contributed by atoms with Gasteiger partial charge in [0.15, 0.2) is 0 Å². The van der Waals surface area contributed by atoms with E-state index in [4.69, 9.17) is 4.42 Å². The van der Waals surface area contributed by atoms with Crippen LogP contribution in [0.4, 0.5) is 0 Å². The molecule has 2 rings (SSSR count). The molecule has 3 nitrogen and oxygen atoms in total. The van der Waals surface area contributed by atoms with E-state index in [0.29, 0.717) is 5.22 Å². The molecule has 0 bridgehead atoms. The molecule has 0 aliphatic heterocycles. The minimum absolute atomic E-state index is 0.617. The van der Waals surface area contributed by atoms with Crippen molar-refractivity contribution in [3.8, 4) is 0 Å². The molecule has 5 heteroatoms. The van der Waals surface area contributed by atoms with Gasteiger partial charge in [-0.3, -0.25) is 0 Å². The Morgan fingerprint density at radius 1 is 1.40 bits per heavy atom. The normalized spacial score (nSPS) is 10.6. The Labute approximate surface area is 100 Å². The highest BCUT2D eigenvalue weighted by molar-refractivity contribution is 9.10. The van der Waals surface area contributed by atoms with Crippen molar-refractivity contribution in [2.24, 2.45) is 0 Å². The van der Waals surface area contributed by atoms with E-state index in [1.807, 2.05) is 19.9 Å². The molecular weight excluding hydrogens is 276 g/mol. The van der Waals surface area contributed by atoms with Crippen molar-refractivity contribution in [1.29, 1.82) is 0 Å². The van der Waals surface area contributed by atoms with Crippen molar-refractivity contribution in [3.63, 3.8) is 0 Å². The summed E-state index contributed by atoms with van der Waals surface area (Å²) < 4.78 is 6.25. The Kier molecular flexibility index (Phi) is 3.11. The van der Waals surface area contributed by atoms with Crippen LogP contribution in [0.5, 0.6) is 0 Å². The van der Waals surface area contributed by atoms with Crippen molar-refractivity contribution in [3.05, 3.63) is 34.3 Å². The van der Waals surface area contributed by atoms with Crippen LogP contribution in [0.1, 0.15) is 11.3 Å². The standard InChI is InChI=1S/C10H9BrN2OS/c1-6-3-4-12-9(8(6)11)15-10-13-7(2)5-14-10/h3-5H,1-2H3. The van der Waals surface area contributed by atoms with E-state index in [1.54, 1.807) is 12.5 Å². The second kappa shape index (κ2) is 4.37. The third kappa shape index (κ3) is 2.41. The smallest absolute Gasteiger partial charge is 0.262 e. The zero-order valence-corrected chi connectivity index (χ0v) is 10.7. The van der Waals surface area contributed by atoms with Gasteiger partial charge in [0, 0.05) is 6.20 Å². The summed E-state index contributed by atoms with van der Waals surface area (Å²) in [5.74, 6) is 0. The monoisotopic (exact) mass is 284 g/mol. The molecule has 2 aromatic heterocycles. The molecule has 0 saturated heterocycles. The molecule has 0 radical (unpaired) electrons. The fourth-order valence-corrected chi connectivity index (χ4v) is 2.34. The quantitative estimate of drug-likeness (QED) is 0.845. The molecule has 0 fully saturated rings. The molecule has 0 amide bonds. The van der Waals surface area contributed by atoms with E-state index >= 15 is 0 Å². The summed E-state index contributed by atoms with van der Waals surface area (Å²) in [5, 5.41) is 1.49. The maximum atomic E-state index is 5.25. The molecule has 15 heavy (non-hydrogen) atoms. The van der Waals surface area contributed by atoms with Gasteiger partial charge in [-0.1, -0.05) is 0 Å². The average molecular weight is 285 g/mol. The zero-order chi connectivity index (χ0) is 10.8. The summed E-state index contributed by atoms with van der Waals surface area (Å²) in [6.45, 7) is 3.92. The lowest BCUT2D eigenvalue weighted by molar-refractivity contribution is 0.453. The van der Waals surface area contributed by atoms with Gasteiger partial charge < -0.3 is 4.42 Å². The molecule has 0 aliphatic carbocycles. The summed E-state index contributed by atoms with van der Waals surface area (Å²) in [5.41, 5.74) is 2.03. The van der Waals surface area contributed by atoms with Gasteiger partial charge in [0.2, 0.25) is 0 Å². The lowest BCUT2D eigenvalue weighted by Crippen LogP contribution is -1.85. The van der Waals surface area contributed by atoms with Gasteiger partial charge in [0.25, 0.3) is 5.22 Å². The summed E-state index contributed by atoms with van der Waals surface area (Å²) >= 11 is 4.91. The molecule has 0 spiro atoms. The topological polar surface area (TPSA) is 38.9 Å². The number of aromatic nitrogens is 2. The predicted octanol–water partition coefficient (Wildman–Crippen LogP) is 3.60. The fraction of sp³-hybridized carbons (Fsp3) is 0.200. The Morgan fingerprint density at radius 3 is 2.87 bits per heavy atom. The van der Waals surface area contributed by atoms with Crippen molar-refractivity contribution in [1.82, 2.24) is 9.97 Å². The molecule has 78 valence electrons. The first-order valence-electron chi connectivity index (χ1n) is 4.38. The highest BCUT2D eigenvalue weighted by Gasteiger charge is 2.09. The summed E-state index contributed by atoms with van der Waals surface area (Å²) in [6.07, 6.45) is 3.41. The van der Waals surface area contributed by atoms with Crippen LogP contribution in [0, 0.1) is 13.8 Å². The van der Waals surface area contributed by atoms with E-state index in [1.165, 1.54) is 11.8 Å². The van der Waals surface area contributed by atoms with Gasteiger partial charge in [-0.05, 0) is 53.2 Å². The largest absolute Gasteiger partial charge is 0.439 e. The number of hydrogen-bond donors (Lipinski definition) is 0. The molecule has 0 aliphatic rings. The summed E-state index contributed by atoms with van der Waals surface area (Å²) in [6, 6.07) is 1.95. The second-order valence-electron chi connectivity index (χ2n) is 3.10. The molecular formula is C10H9BrN2OS. The van der Waals surface area contributed by atoms with Crippen LogP contribution in [0.3, 0.4) is 0 Å². The Bertz CT molecular complexity index is 484. The number of halogens is 1. The van der Waals surface area contributed by atoms with Crippen LogP contribution >= 0.6 is 27.7 Å². The Morgan fingerprint density at radius 2 is 2.20 bits per heavy atom. The van der Waals surface area contributed by atoms with E-state index < -0.39 is 0 Å². The number of pyridine rings is 1. The number of rotatable bonds is 2. The van der Waals surface area contributed by atoms with Crippen molar-refractivity contribution in [2.45, 2.75) is 24.1 Å². The molecule has 2 heterocycles. The van der Waals surface area contributed by atoms with E-state index in [0.717, 1.165) is 20.8 Å². The predicted molar refractivity (Wildman–Crippen MR) is 62.0 cm³/mol. The van der Waals surface area contributed by atoms with Crippen LogP contribution < -0.4 is 0 Å². The molecule has 0 aromatic carbocycles. The first kappa shape index (κ1) is 10.7. The van der Waals surface area contributed by atoms with Gasteiger partial charge in [0.1, 0.15) is 11.3 Å². The van der Waals surface area contributed by atoms with E-state index in [2.05, 4.69) is 25.9 Å². The molecule has 0 N–H and O–H groups in total. The number of hydrogen-bond acceptors (Lipinski definition) is 4. The van der Waals surface area contributed by atoms with Crippen LogP contribution in [-0.2, 0) is 0 Å². The fourth-order valence-electron chi connectivity index (χ4n) is 1.05. The maximum absolute atomic E-state index is 5.25. The van der Waals surface area contributed by atoms with E-state index in [-0.39, 0.29) is 0 Å². The van der Waals surface area contributed by atoms with Gasteiger partial charge in [-0.2, -0.15) is 0 Å². The van der Waals surface area contributed by atoms with Gasteiger partial charge in [-0.25, -0.2) is 9.97 Å². The lowest BCUT2D eigenvalue weighted by atomic mass is 10.3. The van der Waals surface area contributed by atoms with Gasteiger partial charge >= 0.3 is 0 Å². The lowest BCUT2D eigenvalue weighted by Gasteiger charge is -2.01. The third-order valence-electron chi connectivity index (χ3n) is 1.83. The van der Waals surface area contributed by atoms with Crippen LogP contribution in [0.2, 0.25) is 0 Å². The summed E-state index contributed by atoms with van der Waals surface area (Å²) in [7, 11) is 0. The number of oxazole rings is 1. The Hall–Kier alpha value is -0.810. The molecule has 0 saturated carbocycles. The summed E-state index contributed by atoms with van der Waals surface area (Å²) in [4.78, 5) is 8.47. The van der Waals surface area contributed by atoms with Crippen LogP contribution in [-0.4, -0.2) is 9.97 Å². The van der Waals surface area contributed by atoms with Gasteiger partial charge in [-0.15, -0.1) is 0 Å². The number of aryl methyl sites for hydroxylation is 2. The highest BCUT2D eigenvalue weighted by Crippen LogP contribution is 2.32. The maximum Gasteiger partial charge on any atom is 0.262 e. The minimum atomic E-state index is 0.617. The first-order chi connectivity index (χ1) is 7.16. The van der Waals surface area contributed by atoms with Crippen LogP contribution in [0.25, 0.3) is 0 Å². The first-order valence-corrected chi connectivity index (χ1v) is 5.99. The SMILES string of the molecule is Cc1coc(Sc2nccc(C)c2Br)n1. The van der Waals surface area contributed by atoms with E-state index in [9.17, 15) is 0 Å². The van der Waals surface area contributed by atoms with Gasteiger partial charge in [0.05, 0.1) is 10.2 Å². The molecule has 0 unspecified atom stereocenters. The second-order valence-corrected chi connectivity index (χ2v) is 4.84. The minimum Gasteiger partial charge on any atom is -0.439 e. The van der Waals surface area contributed by atoms with Crippen molar-refractivity contribution in [2.75, 3.05) is 0 Å². The van der Waals surface area contributed by atoms with Crippen LogP contribution in [0.15, 0.2) is 37.7 Å². The highest BCUT2D eigenvalue weighted by atomic mass is 79.9.